The van der Waals surface area contributed by atoms with Crippen molar-refractivity contribution in [3.63, 3.8) is 0 Å². The van der Waals surface area contributed by atoms with Crippen molar-refractivity contribution in [2.75, 3.05) is 11.9 Å². The lowest BCUT2D eigenvalue weighted by molar-refractivity contribution is 0.274. The van der Waals surface area contributed by atoms with Crippen LogP contribution in [0.5, 0.6) is 5.75 Å². The van der Waals surface area contributed by atoms with Crippen LogP contribution in [0, 0.1) is 0 Å². The van der Waals surface area contributed by atoms with Gasteiger partial charge in [-0.05, 0) is 6.07 Å². The van der Waals surface area contributed by atoms with Crippen molar-refractivity contribution in [3.05, 3.63) is 51.4 Å². The van der Waals surface area contributed by atoms with E-state index < -0.39 is 5.56 Å². The summed E-state index contributed by atoms with van der Waals surface area (Å²) in [7, 11) is 0. The molecule has 19 heavy (non-hydrogen) atoms. The van der Waals surface area contributed by atoms with Gasteiger partial charge in [-0.15, -0.1) is 0 Å². The maximum absolute atomic E-state index is 11.4. The van der Waals surface area contributed by atoms with E-state index in [-0.39, 0.29) is 11.1 Å². The Kier molecular flexibility index (Phi) is 3.13. The Bertz CT molecular complexity index is 656. The summed E-state index contributed by atoms with van der Waals surface area (Å²) in [5, 5.41) is 9.42. The fraction of sp³-hybridized carbons (Fsp3) is 0.231. The first-order valence-electron chi connectivity index (χ1n) is 5.97. The number of fused-ring (bicyclic) bond motifs is 1. The van der Waals surface area contributed by atoms with Gasteiger partial charge in [0.25, 0.3) is 5.56 Å². The topological polar surface area (TPSA) is 67.0 Å². The van der Waals surface area contributed by atoms with Crippen molar-refractivity contribution in [2.24, 2.45) is 0 Å². The van der Waals surface area contributed by atoms with Crippen LogP contribution in [0.1, 0.15) is 18.0 Å². The molecule has 0 saturated heterocycles. The number of benzene rings is 1. The van der Waals surface area contributed by atoms with Crippen LogP contribution in [-0.4, -0.2) is 16.8 Å². The monoisotopic (exact) mass is 277 g/mol. The minimum absolute atomic E-state index is 0.0612. The van der Waals surface area contributed by atoms with Gasteiger partial charge in [-0.2, -0.15) is 5.10 Å². The predicted molar refractivity (Wildman–Crippen MR) is 72.8 cm³/mol. The third-order valence-electron chi connectivity index (χ3n) is 3.08. The molecule has 0 fully saturated rings. The number of halogens is 1. The standard InChI is InChI=1S/C13H12ClN3O2/c14-12-10(7-15-17-13(12)18)16-9-5-6-19-11-4-2-1-3-8(9)11/h1-4,7,9H,5-6H2,(H2,16,17,18)/t9-/m0/s1. The molecule has 0 spiro atoms. The third kappa shape index (κ3) is 2.29. The fourth-order valence-electron chi connectivity index (χ4n) is 2.16. The summed E-state index contributed by atoms with van der Waals surface area (Å²) in [5.41, 5.74) is 1.20. The number of anilines is 1. The molecule has 2 heterocycles. The lowest BCUT2D eigenvalue weighted by Gasteiger charge is -2.27. The Morgan fingerprint density at radius 1 is 1.42 bits per heavy atom. The molecule has 1 aliphatic heterocycles. The first kappa shape index (κ1) is 12.0. The first-order valence-corrected chi connectivity index (χ1v) is 6.35. The number of rotatable bonds is 2. The van der Waals surface area contributed by atoms with Crippen LogP contribution in [-0.2, 0) is 0 Å². The van der Waals surface area contributed by atoms with Gasteiger partial charge < -0.3 is 10.1 Å². The highest BCUT2D eigenvalue weighted by molar-refractivity contribution is 6.32. The fourth-order valence-corrected chi connectivity index (χ4v) is 2.31. The molecule has 2 aromatic rings. The summed E-state index contributed by atoms with van der Waals surface area (Å²) >= 11 is 5.96. The second-order valence-corrected chi connectivity index (χ2v) is 4.68. The molecular formula is C13H12ClN3O2. The van der Waals surface area contributed by atoms with E-state index >= 15 is 0 Å². The van der Waals surface area contributed by atoms with Crippen LogP contribution in [0.4, 0.5) is 5.69 Å². The lowest BCUT2D eigenvalue weighted by atomic mass is 10.0. The zero-order chi connectivity index (χ0) is 13.2. The minimum atomic E-state index is -0.396. The summed E-state index contributed by atoms with van der Waals surface area (Å²) in [6.45, 7) is 0.628. The number of H-pyrrole nitrogens is 1. The molecule has 0 radical (unpaired) electrons. The van der Waals surface area contributed by atoms with Crippen molar-refractivity contribution in [3.8, 4) is 5.75 Å². The second-order valence-electron chi connectivity index (χ2n) is 4.30. The summed E-state index contributed by atoms with van der Waals surface area (Å²) < 4.78 is 5.59. The Balaban J connectivity index is 1.93. The van der Waals surface area contributed by atoms with Gasteiger partial charge in [0.2, 0.25) is 0 Å². The highest BCUT2D eigenvalue weighted by Crippen LogP contribution is 2.34. The van der Waals surface area contributed by atoms with E-state index in [0.717, 1.165) is 17.7 Å². The Morgan fingerprint density at radius 3 is 3.16 bits per heavy atom. The SMILES string of the molecule is O=c1[nH]ncc(N[C@H]2CCOc3ccccc32)c1Cl. The van der Waals surface area contributed by atoms with Crippen LogP contribution in [0.3, 0.4) is 0 Å². The van der Waals surface area contributed by atoms with E-state index in [1.165, 1.54) is 6.20 Å². The molecular weight excluding hydrogens is 266 g/mol. The van der Waals surface area contributed by atoms with Crippen LogP contribution in [0.15, 0.2) is 35.3 Å². The van der Waals surface area contributed by atoms with Gasteiger partial charge >= 0.3 is 0 Å². The van der Waals surface area contributed by atoms with Gasteiger partial charge in [0.15, 0.2) is 0 Å². The van der Waals surface area contributed by atoms with Gasteiger partial charge in [-0.25, -0.2) is 5.10 Å². The molecule has 1 aliphatic rings. The molecule has 0 aliphatic carbocycles. The molecule has 1 atom stereocenters. The summed E-state index contributed by atoms with van der Waals surface area (Å²) in [6, 6.07) is 7.88. The Morgan fingerprint density at radius 2 is 2.26 bits per heavy atom. The lowest BCUT2D eigenvalue weighted by Crippen LogP contribution is -2.22. The van der Waals surface area contributed by atoms with Gasteiger partial charge in [-0.1, -0.05) is 29.8 Å². The van der Waals surface area contributed by atoms with Gasteiger partial charge in [0, 0.05) is 12.0 Å². The van der Waals surface area contributed by atoms with E-state index in [0.29, 0.717) is 12.3 Å². The van der Waals surface area contributed by atoms with Crippen molar-refractivity contribution >= 4 is 17.3 Å². The average molecular weight is 278 g/mol. The molecule has 0 unspecified atom stereocenters. The van der Waals surface area contributed by atoms with E-state index in [1.54, 1.807) is 0 Å². The number of nitrogens with one attached hydrogen (secondary N) is 2. The molecule has 98 valence electrons. The van der Waals surface area contributed by atoms with Crippen molar-refractivity contribution in [1.29, 1.82) is 0 Å². The van der Waals surface area contributed by atoms with E-state index in [9.17, 15) is 4.79 Å². The van der Waals surface area contributed by atoms with Crippen molar-refractivity contribution in [2.45, 2.75) is 12.5 Å². The Labute approximate surface area is 114 Å². The Hall–Kier alpha value is -2.01. The van der Waals surface area contributed by atoms with Crippen molar-refractivity contribution < 1.29 is 4.74 Å². The van der Waals surface area contributed by atoms with Crippen molar-refractivity contribution in [1.82, 2.24) is 10.2 Å². The summed E-state index contributed by atoms with van der Waals surface area (Å²) in [6.07, 6.45) is 2.32. The molecule has 3 rings (SSSR count). The number of aromatic amines is 1. The van der Waals surface area contributed by atoms with Gasteiger partial charge in [-0.3, -0.25) is 4.79 Å². The minimum Gasteiger partial charge on any atom is -0.493 e. The smallest absolute Gasteiger partial charge is 0.285 e. The molecule has 6 heteroatoms. The van der Waals surface area contributed by atoms with Crippen LogP contribution in [0.25, 0.3) is 0 Å². The quantitative estimate of drug-likeness (QED) is 0.884. The maximum Gasteiger partial charge on any atom is 0.285 e. The van der Waals surface area contributed by atoms with Crippen LogP contribution in [0.2, 0.25) is 5.02 Å². The molecule has 0 bridgehead atoms. The summed E-state index contributed by atoms with van der Waals surface area (Å²) in [5.74, 6) is 0.861. The molecule has 0 saturated carbocycles. The number of ether oxygens (including phenoxy) is 1. The molecule has 2 N–H and O–H groups in total. The molecule has 5 nitrogen and oxygen atoms in total. The van der Waals surface area contributed by atoms with E-state index in [2.05, 4.69) is 15.5 Å². The average Bonchev–Trinajstić information content (AvgIpc) is 2.44. The number of hydrogen-bond acceptors (Lipinski definition) is 4. The second kappa shape index (κ2) is 4.93. The molecule has 1 aromatic carbocycles. The molecule has 1 aromatic heterocycles. The number of hydrogen-bond donors (Lipinski definition) is 2. The normalized spacial score (nSPS) is 17.4. The number of para-hydroxylation sites is 1. The maximum atomic E-state index is 11.4. The number of aromatic nitrogens is 2. The molecule has 0 amide bonds. The zero-order valence-corrected chi connectivity index (χ0v) is 10.8. The highest BCUT2D eigenvalue weighted by Gasteiger charge is 2.21. The van der Waals surface area contributed by atoms with Crippen LogP contribution < -0.4 is 15.6 Å². The predicted octanol–water partition coefficient (Wildman–Crippen LogP) is 2.36. The van der Waals surface area contributed by atoms with Gasteiger partial charge in [0.05, 0.1) is 24.5 Å². The largest absolute Gasteiger partial charge is 0.493 e. The third-order valence-corrected chi connectivity index (χ3v) is 3.46. The summed E-state index contributed by atoms with van der Waals surface area (Å²) in [4.78, 5) is 11.4. The highest BCUT2D eigenvalue weighted by atomic mass is 35.5. The van der Waals surface area contributed by atoms with Crippen LogP contribution >= 0.6 is 11.6 Å². The van der Waals surface area contributed by atoms with Gasteiger partial charge in [0.1, 0.15) is 10.8 Å². The first-order chi connectivity index (χ1) is 9.25. The van der Waals surface area contributed by atoms with E-state index in [1.807, 2.05) is 24.3 Å². The van der Waals surface area contributed by atoms with E-state index in [4.69, 9.17) is 16.3 Å². The zero-order valence-electron chi connectivity index (χ0n) is 10.0. The number of nitrogens with zero attached hydrogens (tertiary/aromatic N) is 1.